The zero-order chi connectivity index (χ0) is 14.7. The third kappa shape index (κ3) is 3.05. The molecule has 1 aliphatic heterocycles. The van der Waals surface area contributed by atoms with Crippen LogP contribution in [0.4, 0.5) is 0 Å². The van der Waals surface area contributed by atoms with E-state index in [1.807, 2.05) is 0 Å². The van der Waals surface area contributed by atoms with Gasteiger partial charge in [-0.2, -0.15) is 0 Å². The van der Waals surface area contributed by atoms with Crippen molar-refractivity contribution in [2.24, 2.45) is 0 Å². The molecule has 1 aromatic rings. The molecule has 0 saturated carbocycles. The van der Waals surface area contributed by atoms with E-state index in [4.69, 9.17) is 4.84 Å². The molecule has 1 heterocycles. The second-order valence-corrected chi connectivity index (χ2v) is 5.27. The summed E-state index contributed by atoms with van der Waals surface area (Å²) in [5.41, 5.74) is 0.139. The maximum atomic E-state index is 12.0. The van der Waals surface area contributed by atoms with Crippen LogP contribution in [-0.4, -0.2) is 28.0 Å². The number of hydrogen-bond acceptors (Lipinski definition) is 6. The molecule has 0 radical (unpaired) electrons. The van der Waals surface area contributed by atoms with Crippen molar-refractivity contribution in [2.75, 3.05) is 0 Å². The van der Waals surface area contributed by atoms with E-state index in [2.05, 4.69) is 0 Å². The zero-order valence-corrected chi connectivity index (χ0v) is 11.4. The molecule has 2 rings (SSSR count). The van der Waals surface area contributed by atoms with Crippen LogP contribution in [0.3, 0.4) is 0 Å². The fourth-order valence-electron chi connectivity index (χ4n) is 1.67. The summed E-state index contributed by atoms with van der Waals surface area (Å²) in [6, 6.07) is 6.34. The minimum absolute atomic E-state index is 0.0377. The molecule has 0 atom stereocenters. The first kappa shape index (κ1) is 14.3. The SMILES string of the molecule is CC(=O)Sc1ccccc1C(=O)ON1C(=O)CCC1=O. The number of imide groups is 1. The van der Waals surface area contributed by atoms with Crippen LogP contribution in [0.1, 0.15) is 30.1 Å². The summed E-state index contributed by atoms with van der Waals surface area (Å²) in [5.74, 6) is -1.92. The molecular weight excluding hydrogens is 282 g/mol. The van der Waals surface area contributed by atoms with E-state index in [0.29, 0.717) is 9.96 Å². The van der Waals surface area contributed by atoms with Crippen molar-refractivity contribution >= 4 is 34.7 Å². The Bertz CT molecular complexity index is 582. The summed E-state index contributed by atoms with van der Waals surface area (Å²) in [4.78, 5) is 51.1. The first-order valence-corrected chi connectivity index (χ1v) is 6.66. The molecule has 0 aliphatic carbocycles. The van der Waals surface area contributed by atoms with Crippen LogP contribution in [0.15, 0.2) is 29.2 Å². The van der Waals surface area contributed by atoms with Gasteiger partial charge in [0.05, 0.1) is 5.56 Å². The topological polar surface area (TPSA) is 80.8 Å². The Morgan fingerprint density at radius 1 is 1.15 bits per heavy atom. The number of hydroxylamine groups is 2. The van der Waals surface area contributed by atoms with Gasteiger partial charge in [0.2, 0.25) is 0 Å². The quantitative estimate of drug-likeness (QED) is 0.621. The number of thioether (sulfide) groups is 1. The summed E-state index contributed by atoms with van der Waals surface area (Å²) in [6.45, 7) is 1.38. The third-order valence-corrected chi connectivity index (χ3v) is 3.40. The lowest BCUT2D eigenvalue weighted by atomic mass is 10.2. The first-order chi connectivity index (χ1) is 9.49. The molecule has 2 amide bonds. The van der Waals surface area contributed by atoms with Crippen molar-refractivity contribution in [1.29, 1.82) is 0 Å². The molecule has 0 spiro atoms. The largest absolute Gasteiger partial charge is 0.365 e. The average molecular weight is 293 g/mol. The van der Waals surface area contributed by atoms with E-state index >= 15 is 0 Å². The van der Waals surface area contributed by atoms with Gasteiger partial charge in [0, 0.05) is 24.7 Å². The van der Waals surface area contributed by atoms with Gasteiger partial charge in [0.1, 0.15) is 0 Å². The smallest absolute Gasteiger partial charge is 0.325 e. The Morgan fingerprint density at radius 3 is 2.35 bits per heavy atom. The van der Waals surface area contributed by atoms with Crippen LogP contribution < -0.4 is 0 Å². The van der Waals surface area contributed by atoms with Crippen molar-refractivity contribution in [3.05, 3.63) is 29.8 Å². The highest BCUT2D eigenvalue weighted by molar-refractivity contribution is 8.13. The standard InChI is InChI=1S/C13H11NO5S/c1-8(15)20-10-5-3-2-4-9(10)13(18)19-14-11(16)6-7-12(14)17/h2-5H,6-7H2,1H3. The molecule has 0 unspecified atom stereocenters. The van der Waals surface area contributed by atoms with Crippen LogP contribution >= 0.6 is 11.8 Å². The van der Waals surface area contributed by atoms with Gasteiger partial charge in [-0.3, -0.25) is 14.4 Å². The van der Waals surface area contributed by atoms with Crippen LogP contribution in [0, 0.1) is 0 Å². The number of rotatable bonds is 3. The molecule has 6 nitrogen and oxygen atoms in total. The molecule has 0 N–H and O–H groups in total. The van der Waals surface area contributed by atoms with E-state index in [1.54, 1.807) is 18.2 Å². The lowest BCUT2D eigenvalue weighted by Gasteiger charge is -2.13. The minimum Gasteiger partial charge on any atom is -0.325 e. The molecule has 1 saturated heterocycles. The monoisotopic (exact) mass is 293 g/mol. The highest BCUT2D eigenvalue weighted by Gasteiger charge is 2.33. The minimum atomic E-state index is -0.835. The number of nitrogens with zero attached hydrogens (tertiary/aromatic N) is 1. The summed E-state index contributed by atoms with van der Waals surface area (Å²) >= 11 is 0.885. The van der Waals surface area contributed by atoms with Crippen molar-refractivity contribution in [3.8, 4) is 0 Å². The van der Waals surface area contributed by atoms with Crippen molar-refractivity contribution in [2.45, 2.75) is 24.7 Å². The predicted octanol–water partition coefficient (Wildman–Crippen LogP) is 1.55. The van der Waals surface area contributed by atoms with Crippen LogP contribution in [-0.2, 0) is 19.2 Å². The Morgan fingerprint density at radius 2 is 1.75 bits per heavy atom. The highest BCUT2D eigenvalue weighted by Crippen LogP contribution is 2.24. The Hall–Kier alpha value is -2.15. The van der Waals surface area contributed by atoms with E-state index in [9.17, 15) is 19.2 Å². The Balaban J connectivity index is 2.19. The second kappa shape index (κ2) is 5.87. The van der Waals surface area contributed by atoms with Gasteiger partial charge in [0.15, 0.2) is 5.12 Å². The number of amides is 2. The van der Waals surface area contributed by atoms with Crippen molar-refractivity contribution < 1.29 is 24.0 Å². The second-order valence-electron chi connectivity index (χ2n) is 4.05. The molecule has 1 aliphatic rings. The maximum absolute atomic E-state index is 12.0. The Labute approximate surface area is 119 Å². The molecule has 20 heavy (non-hydrogen) atoms. The summed E-state index contributed by atoms with van der Waals surface area (Å²) in [7, 11) is 0. The van der Waals surface area contributed by atoms with E-state index in [0.717, 1.165) is 11.8 Å². The van der Waals surface area contributed by atoms with Crippen LogP contribution in [0.2, 0.25) is 0 Å². The molecule has 0 aromatic heterocycles. The summed E-state index contributed by atoms with van der Waals surface area (Å²) in [5, 5.41) is 0.302. The number of benzene rings is 1. The zero-order valence-electron chi connectivity index (χ0n) is 10.6. The van der Waals surface area contributed by atoms with Gasteiger partial charge in [0.25, 0.3) is 11.8 Å². The average Bonchev–Trinajstić information content (AvgIpc) is 2.70. The predicted molar refractivity (Wildman–Crippen MR) is 69.5 cm³/mol. The molecule has 0 bridgehead atoms. The number of carbonyl (C=O) groups excluding carboxylic acids is 4. The van der Waals surface area contributed by atoms with E-state index in [-0.39, 0.29) is 23.5 Å². The first-order valence-electron chi connectivity index (χ1n) is 5.84. The third-order valence-electron chi connectivity index (χ3n) is 2.54. The van der Waals surface area contributed by atoms with Gasteiger partial charge >= 0.3 is 5.97 Å². The van der Waals surface area contributed by atoms with Crippen molar-refractivity contribution in [3.63, 3.8) is 0 Å². The van der Waals surface area contributed by atoms with Gasteiger partial charge in [-0.1, -0.05) is 23.9 Å². The molecule has 104 valence electrons. The maximum Gasteiger partial charge on any atom is 0.365 e. The summed E-state index contributed by atoms with van der Waals surface area (Å²) in [6.07, 6.45) is 0.0753. The Kier molecular flexibility index (Phi) is 4.19. The van der Waals surface area contributed by atoms with Gasteiger partial charge in [-0.25, -0.2) is 4.79 Å². The molecule has 7 heteroatoms. The molecule has 1 aromatic carbocycles. The number of carbonyl (C=O) groups is 4. The van der Waals surface area contributed by atoms with Crippen LogP contribution in [0.5, 0.6) is 0 Å². The summed E-state index contributed by atoms with van der Waals surface area (Å²) < 4.78 is 0. The van der Waals surface area contributed by atoms with Crippen molar-refractivity contribution in [1.82, 2.24) is 5.06 Å². The van der Waals surface area contributed by atoms with E-state index < -0.39 is 17.8 Å². The van der Waals surface area contributed by atoms with Gasteiger partial charge in [-0.05, 0) is 12.1 Å². The van der Waals surface area contributed by atoms with Gasteiger partial charge in [-0.15, -0.1) is 5.06 Å². The number of hydrogen-bond donors (Lipinski definition) is 0. The normalized spacial score (nSPS) is 14.6. The van der Waals surface area contributed by atoms with Crippen LogP contribution in [0.25, 0.3) is 0 Å². The molecule has 1 fully saturated rings. The fraction of sp³-hybridized carbons (Fsp3) is 0.231. The highest BCUT2D eigenvalue weighted by atomic mass is 32.2. The molecular formula is C13H11NO5S. The lowest BCUT2D eigenvalue weighted by Crippen LogP contribution is -2.32. The lowest BCUT2D eigenvalue weighted by molar-refractivity contribution is -0.172. The fourth-order valence-corrected chi connectivity index (χ4v) is 2.39. The van der Waals surface area contributed by atoms with Gasteiger partial charge < -0.3 is 4.84 Å². The van der Waals surface area contributed by atoms with E-state index in [1.165, 1.54) is 13.0 Å².